The molecule has 7 heteroatoms. The van der Waals surface area contributed by atoms with E-state index < -0.39 is 23.8 Å². The average Bonchev–Trinajstić information content (AvgIpc) is 2.36. The number of rotatable bonds is 3. The number of aliphatic imine (C=N–C) groups is 1. The molecule has 110 valence electrons. The number of hydrogen-bond donors (Lipinski definition) is 2. The first-order valence-electron chi connectivity index (χ1n) is 6.17. The number of halogens is 1. The Hall–Kier alpha value is -2.21. The van der Waals surface area contributed by atoms with E-state index in [0.29, 0.717) is 11.4 Å². The van der Waals surface area contributed by atoms with Crippen molar-refractivity contribution in [2.75, 3.05) is 0 Å². The molecule has 0 radical (unpaired) electrons. The van der Waals surface area contributed by atoms with Crippen molar-refractivity contribution < 1.29 is 19.8 Å². The molecule has 0 amide bonds. The lowest BCUT2D eigenvalue weighted by atomic mass is 9.77. The summed E-state index contributed by atoms with van der Waals surface area (Å²) in [5.41, 5.74) is 0.865. The largest absolute Gasteiger partial charge is 0.481 e. The van der Waals surface area contributed by atoms with Gasteiger partial charge < -0.3 is 10.2 Å². The lowest BCUT2D eigenvalue weighted by Gasteiger charge is -2.28. The third-order valence-corrected chi connectivity index (χ3v) is 3.59. The second kappa shape index (κ2) is 5.65. The summed E-state index contributed by atoms with van der Waals surface area (Å²) in [5, 5.41) is 19.0. The number of carbonyl (C=O) groups is 2. The van der Waals surface area contributed by atoms with E-state index in [1.807, 2.05) is 0 Å². The lowest BCUT2D eigenvalue weighted by molar-refractivity contribution is -0.140. The van der Waals surface area contributed by atoms with Gasteiger partial charge in [0.15, 0.2) is 0 Å². The predicted octanol–water partition coefficient (Wildman–Crippen LogP) is 2.35. The number of aromatic nitrogens is 1. The molecule has 0 spiro atoms. The zero-order valence-electron chi connectivity index (χ0n) is 11.4. The summed E-state index contributed by atoms with van der Waals surface area (Å²) in [6, 6.07) is 4.72. The van der Waals surface area contributed by atoms with Gasteiger partial charge in [0.05, 0.1) is 17.2 Å². The van der Waals surface area contributed by atoms with Crippen molar-refractivity contribution in [3.8, 4) is 0 Å². The summed E-state index contributed by atoms with van der Waals surface area (Å²) >= 11 is 5.84. The molecule has 2 atom stereocenters. The van der Waals surface area contributed by atoms with Crippen LogP contribution in [-0.4, -0.2) is 32.8 Å². The van der Waals surface area contributed by atoms with E-state index in [2.05, 4.69) is 9.98 Å². The fourth-order valence-corrected chi connectivity index (χ4v) is 2.72. The lowest BCUT2D eigenvalue weighted by Crippen LogP contribution is -2.35. The number of hydrogen-bond acceptors (Lipinski definition) is 4. The molecule has 0 aliphatic carbocycles. The maximum atomic E-state index is 11.6. The molecule has 0 saturated carbocycles. The molecule has 1 aromatic heterocycles. The predicted molar refractivity (Wildman–Crippen MR) is 76.6 cm³/mol. The second-order valence-electron chi connectivity index (χ2n) is 4.74. The Morgan fingerprint density at radius 3 is 2.43 bits per heavy atom. The molecule has 0 bridgehead atoms. The van der Waals surface area contributed by atoms with Gasteiger partial charge in [0, 0.05) is 11.4 Å². The van der Waals surface area contributed by atoms with Gasteiger partial charge in [0.25, 0.3) is 0 Å². The molecular formula is C14H13ClN2O4. The normalized spacial score (nSPS) is 22.0. The molecule has 2 N–H and O–H groups in total. The van der Waals surface area contributed by atoms with Crippen molar-refractivity contribution in [2.45, 2.75) is 19.8 Å². The van der Waals surface area contributed by atoms with E-state index in [1.54, 1.807) is 32.0 Å². The van der Waals surface area contributed by atoms with Crippen LogP contribution in [0, 0.1) is 5.92 Å². The van der Waals surface area contributed by atoms with E-state index in [-0.39, 0.29) is 16.4 Å². The number of allylic oxidation sites excluding steroid dienone is 1. The van der Waals surface area contributed by atoms with E-state index in [0.717, 1.165) is 0 Å². The molecule has 0 saturated heterocycles. The van der Waals surface area contributed by atoms with Crippen molar-refractivity contribution in [1.29, 1.82) is 0 Å². The van der Waals surface area contributed by atoms with Gasteiger partial charge in [-0.1, -0.05) is 17.7 Å². The zero-order valence-corrected chi connectivity index (χ0v) is 12.1. The van der Waals surface area contributed by atoms with Crippen molar-refractivity contribution in [1.82, 2.24) is 4.98 Å². The monoisotopic (exact) mass is 308 g/mol. The highest BCUT2D eigenvalue weighted by Gasteiger charge is 2.41. The van der Waals surface area contributed by atoms with Crippen LogP contribution in [0.5, 0.6) is 0 Å². The summed E-state index contributed by atoms with van der Waals surface area (Å²) < 4.78 is 0. The Bertz CT molecular complexity index is 681. The first-order chi connectivity index (χ1) is 9.82. The minimum Gasteiger partial charge on any atom is -0.481 e. The van der Waals surface area contributed by atoms with E-state index in [1.165, 1.54) is 0 Å². The highest BCUT2D eigenvalue weighted by atomic mass is 35.5. The Kier molecular flexibility index (Phi) is 4.09. The van der Waals surface area contributed by atoms with E-state index >= 15 is 0 Å². The highest BCUT2D eigenvalue weighted by Crippen LogP contribution is 2.38. The SMILES string of the molecule is CC1=NC(C)=C(C(=O)O)C(c2cccc(Cl)n2)C1C(=O)O. The Labute approximate surface area is 125 Å². The third kappa shape index (κ3) is 2.80. The second-order valence-corrected chi connectivity index (χ2v) is 5.12. The topological polar surface area (TPSA) is 99.9 Å². The summed E-state index contributed by atoms with van der Waals surface area (Å²) in [7, 11) is 0. The quantitative estimate of drug-likeness (QED) is 0.835. The molecule has 0 aromatic carbocycles. The molecule has 1 aromatic rings. The first kappa shape index (κ1) is 15.2. The zero-order chi connectivity index (χ0) is 15.7. The van der Waals surface area contributed by atoms with Crippen molar-refractivity contribution in [3.63, 3.8) is 0 Å². The minimum absolute atomic E-state index is 0.0669. The molecular weight excluding hydrogens is 296 g/mol. The van der Waals surface area contributed by atoms with Gasteiger partial charge >= 0.3 is 11.9 Å². The molecule has 0 fully saturated rings. The Morgan fingerprint density at radius 2 is 1.90 bits per heavy atom. The van der Waals surface area contributed by atoms with Gasteiger partial charge in [-0.2, -0.15) is 0 Å². The first-order valence-corrected chi connectivity index (χ1v) is 6.55. The summed E-state index contributed by atoms with van der Waals surface area (Å²) in [4.78, 5) is 31.2. The molecule has 21 heavy (non-hydrogen) atoms. The van der Waals surface area contributed by atoms with Crippen LogP contribution in [0.2, 0.25) is 5.15 Å². The molecule has 2 heterocycles. The molecule has 6 nitrogen and oxygen atoms in total. The van der Waals surface area contributed by atoms with Crippen LogP contribution in [0.1, 0.15) is 25.5 Å². The van der Waals surface area contributed by atoms with Gasteiger partial charge in [-0.15, -0.1) is 0 Å². The molecule has 2 rings (SSSR count). The number of carboxylic acid groups (broad SMARTS) is 2. The van der Waals surface area contributed by atoms with Crippen molar-refractivity contribution in [2.24, 2.45) is 10.9 Å². The minimum atomic E-state index is -1.21. The smallest absolute Gasteiger partial charge is 0.334 e. The number of pyridine rings is 1. The Morgan fingerprint density at radius 1 is 1.24 bits per heavy atom. The summed E-state index contributed by atoms with van der Waals surface area (Å²) in [5.74, 6) is -4.35. The van der Waals surface area contributed by atoms with Crippen LogP contribution in [0.25, 0.3) is 0 Å². The fraction of sp³-hybridized carbons (Fsp3) is 0.286. The van der Waals surface area contributed by atoms with E-state index in [4.69, 9.17) is 11.6 Å². The number of aliphatic carboxylic acids is 2. The van der Waals surface area contributed by atoms with Gasteiger partial charge in [0.1, 0.15) is 11.1 Å². The molecule has 1 aliphatic rings. The van der Waals surface area contributed by atoms with E-state index in [9.17, 15) is 19.8 Å². The maximum absolute atomic E-state index is 11.6. The molecule has 2 unspecified atom stereocenters. The average molecular weight is 309 g/mol. The fourth-order valence-electron chi connectivity index (χ4n) is 2.55. The van der Waals surface area contributed by atoms with Crippen LogP contribution < -0.4 is 0 Å². The van der Waals surface area contributed by atoms with Gasteiger partial charge in [0.2, 0.25) is 0 Å². The van der Waals surface area contributed by atoms with Crippen LogP contribution >= 0.6 is 11.6 Å². The van der Waals surface area contributed by atoms with Crippen LogP contribution in [0.4, 0.5) is 0 Å². The number of nitrogens with zero attached hydrogens (tertiary/aromatic N) is 2. The Balaban J connectivity index is 2.68. The van der Waals surface area contributed by atoms with Gasteiger partial charge in [-0.25, -0.2) is 9.78 Å². The van der Waals surface area contributed by atoms with Gasteiger partial charge in [-0.3, -0.25) is 9.79 Å². The summed E-state index contributed by atoms with van der Waals surface area (Å²) in [6.45, 7) is 3.11. The number of carboxylic acids is 2. The van der Waals surface area contributed by atoms with Crippen LogP contribution in [-0.2, 0) is 9.59 Å². The summed E-state index contributed by atoms with van der Waals surface area (Å²) in [6.07, 6.45) is 0. The highest BCUT2D eigenvalue weighted by molar-refractivity contribution is 6.29. The third-order valence-electron chi connectivity index (χ3n) is 3.38. The maximum Gasteiger partial charge on any atom is 0.334 e. The standard InChI is InChI=1S/C14H13ClN2O4/c1-6-10(13(18)19)12(8-4-3-5-9(15)17-8)11(14(20)21)7(2)16-6/h3-5,10,12H,1-2H3,(H,18,19)(H,20,21). The van der Waals surface area contributed by atoms with Crippen molar-refractivity contribution in [3.05, 3.63) is 40.3 Å². The van der Waals surface area contributed by atoms with Crippen LogP contribution in [0.15, 0.2) is 34.5 Å². The van der Waals surface area contributed by atoms with Crippen molar-refractivity contribution >= 4 is 29.3 Å². The van der Waals surface area contributed by atoms with Gasteiger partial charge in [-0.05, 0) is 26.0 Å². The molecule has 1 aliphatic heterocycles. The van der Waals surface area contributed by atoms with Crippen LogP contribution in [0.3, 0.4) is 0 Å².